The second-order valence-corrected chi connectivity index (χ2v) is 6.79. The largest absolute Gasteiger partial charge is 0.344 e. The fourth-order valence-corrected chi connectivity index (χ4v) is 3.04. The van der Waals surface area contributed by atoms with Gasteiger partial charge in [-0.1, -0.05) is 0 Å². The third-order valence-corrected chi connectivity index (χ3v) is 4.56. The zero-order valence-corrected chi connectivity index (χ0v) is 15.6. The first kappa shape index (κ1) is 18.8. The number of H-pyrrole nitrogens is 1. The van der Waals surface area contributed by atoms with Crippen molar-refractivity contribution in [2.24, 2.45) is 0 Å². The van der Waals surface area contributed by atoms with Gasteiger partial charge < -0.3 is 10.3 Å². The number of aromatic nitrogens is 4. The summed E-state index contributed by atoms with van der Waals surface area (Å²) in [4.78, 5) is 40.0. The minimum atomic E-state index is -0.379. The van der Waals surface area contributed by atoms with Crippen LogP contribution >= 0.6 is 11.8 Å². The highest BCUT2D eigenvalue weighted by Crippen LogP contribution is 2.19. The molecule has 0 aliphatic rings. The highest BCUT2D eigenvalue weighted by Gasteiger charge is 2.18. The molecule has 0 aliphatic heterocycles. The Morgan fingerprint density at radius 1 is 1.22 bits per heavy atom. The van der Waals surface area contributed by atoms with Crippen molar-refractivity contribution in [3.63, 3.8) is 0 Å². The van der Waals surface area contributed by atoms with Gasteiger partial charge in [-0.2, -0.15) is 11.8 Å². The molecule has 3 aromatic heterocycles. The van der Waals surface area contributed by atoms with Crippen molar-refractivity contribution in [3.05, 3.63) is 76.7 Å². The summed E-state index contributed by atoms with van der Waals surface area (Å²) in [7, 11) is 0. The van der Waals surface area contributed by atoms with Crippen LogP contribution in [0.3, 0.4) is 0 Å². The molecular formula is C19H19N5O2S. The van der Waals surface area contributed by atoms with E-state index in [-0.39, 0.29) is 17.5 Å². The zero-order chi connectivity index (χ0) is 19.1. The van der Waals surface area contributed by atoms with E-state index < -0.39 is 0 Å². The SMILES string of the molecule is CSCC[C@@H](NC(=O)c1ccncc1)c1cc(=O)[nH]c(-c2cccnc2)n1. The molecule has 0 aliphatic carbocycles. The molecule has 1 amide bonds. The highest BCUT2D eigenvalue weighted by atomic mass is 32.2. The maximum atomic E-state index is 12.6. The van der Waals surface area contributed by atoms with Crippen LogP contribution in [0.1, 0.15) is 28.5 Å². The number of amides is 1. The summed E-state index contributed by atoms with van der Waals surface area (Å²) in [5.41, 5.74) is 1.47. The second-order valence-electron chi connectivity index (χ2n) is 5.80. The molecule has 0 radical (unpaired) electrons. The smallest absolute Gasteiger partial charge is 0.251 e. The van der Waals surface area contributed by atoms with E-state index in [1.165, 1.54) is 6.07 Å². The molecular weight excluding hydrogens is 362 g/mol. The normalized spacial score (nSPS) is 11.7. The maximum absolute atomic E-state index is 12.6. The molecule has 8 heteroatoms. The van der Waals surface area contributed by atoms with Gasteiger partial charge >= 0.3 is 0 Å². The van der Waals surface area contributed by atoms with Crippen molar-refractivity contribution in [1.82, 2.24) is 25.3 Å². The Labute approximate surface area is 160 Å². The summed E-state index contributed by atoms with van der Waals surface area (Å²) in [6.45, 7) is 0. The van der Waals surface area contributed by atoms with Crippen LogP contribution in [0.2, 0.25) is 0 Å². The Balaban J connectivity index is 1.91. The van der Waals surface area contributed by atoms with Crippen LogP contribution in [-0.4, -0.2) is 37.9 Å². The van der Waals surface area contributed by atoms with Gasteiger partial charge in [0.25, 0.3) is 11.5 Å². The average molecular weight is 381 g/mol. The van der Waals surface area contributed by atoms with Gasteiger partial charge in [0, 0.05) is 42.0 Å². The highest BCUT2D eigenvalue weighted by molar-refractivity contribution is 7.98. The molecule has 0 fully saturated rings. The quantitative estimate of drug-likeness (QED) is 0.652. The van der Waals surface area contributed by atoms with Gasteiger partial charge in [-0.25, -0.2) is 4.98 Å². The number of thioether (sulfide) groups is 1. The average Bonchev–Trinajstić information content (AvgIpc) is 2.71. The Bertz CT molecular complexity index is 947. The van der Waals surface area contributed by atoms with Gasteiger partial charge in [0.1, 0.15) is 5.82 Å². The number of hydrogen-bond acceptors (Lipinski definition) is 6. The monoisotopic (exact) mass is 381 g/mol. The van der Waals surface area contributed by atoms with Crippen molar-refractivity contribution in [1.29, 1.82) is 0 Å². The topological polar surface area (TPSA) is 101 Å². The third-order valence-electron chi connectivity index (χ3n) is 3.91. The summed E-state index contributed by atoms with van der Waals surface area (Å²) < 4.78 is 0. The van der Waals surface area contributed by atoms with Crippen molar-refractivity contribution in [2.45, 2.75) is 12.5 Å². The molecule has 0 saturated carbocycles. The summed E-state index contributed by atoms with van der Waals surface area (Å²) in [5, 5.41) is 2.98. The minimum Gasteiger partial charge on any atom is -0.344 e. The van der Waals surface area contributed by atoms with Gasteiger partial charge in [-0.3, -0.25) is 19.6 Å². The number of rotatable bonds is 7. The fraction of sp³-hybridized carbons (Fsp3) is 0.211. The van der Waals surface area contributed by atoms with E-state index in [0.29, 0.717) is 29.1 Å². The molecule has 27 heavy (non-hydrogen) atoms. The molecule has 2 N–H and O–H groups in total. The third kappa shape index (κ3) is 5.01. The van der Waals surface area contributed by atoms with Crippen LogP contribution < -0.4 is 10.9 Å². The van der Waals surface area contributed by atoms with Crippen LogP contribution in [-0.2, 0) is 0 Å². The van der Waals surface area contributed by atoms with E-state index in [2.05, 4.69) is 25.3 Å². The number of aromatic amines is 1. The lowest BCUT2D eigenvalue weighted by Gasteiger charge is -2.18. The molecule has 0 unspecified atom stereocenters. The van der Waals surface area contributed by atoms with E-state index in [9.17, 15) is 9.59 Å². The van der Waals surface area contributed by atoms with E-state index in [4.69, 9.17) is 0 Å². The molecule has 3 rings (SSSR count). The number of carbonyl (C=O) groups is 1. The Kier molecular flexibility index (Phi) is 6.32. The van der Waals surface area contributed by atoms with Gasteiger partial charge in [0.15, 0.2) is 0 Å². The van der Waals surface area contributed by atoms with Crippen LogP contribution in [0, 0.1) is 0 Å². The molecule has 138 valence electrons. The van der Waals surface area contributed by atoms with Crippen molar-refractivity contribution in [3.8, 4) is 11.4 Å². The fourth-order valence-electron chi connectivity index (χ4n) is 2.57. The molecule has 7 nitrogen and oxygen atoms in total. The lowest BCUT2D eigenvalue weighted by atomic mass is 10.1. The first-order chi connectivity index (χ1) is 13.2. The molecule has 0 aromatic carbocycles. The molecule has 3 heterocycles. The van der Waals surface area contributed by atoms with Gasteiger partial charge in [0.05, 0.1) is 11.7 Å². The summed E-state index contributed by atoms with van der Waals surface area (Å²) in [6.07, 6.45) is 9.07. The van der Waals surface area contributed by atoms with E-state index in [0.717, 1.165) is 5.75 Å². The molecule has 0 bridgehead atoms. The van der Waals surface area contributed by atoms with E-state index >= 15 is 0 Å². The van der Waals surface area contributed by atoms with E-state index in [1.807, 2.05) is 12.3 Å². The minimum absolute atomic E-state index is 0.228. The summed E-state index contributed by atoms with van der Waals surface area (Å²) in [6, 6.07) is 7.94. The van der Waals surface area contributed by atoms with Crippen molar-refractivity contribution < 1.29 is 4.79 Å². The van der Waals surface area contributed by atoms with Gasteiger partial charge in [-0.05, 0) is 42.7 Å². The summed E-state index contributed by atoms with van der Waals surface area (Å²) in [5.74, 6) is 1.02. The first-order valence-corrected chi connectivity index (χ1v) is 9.78. The van der Waals surface area contributed by atoms with E-state index in [1.54, 1.807) is 54.7 Å². The standard InChI is InChI=1S/C19H19N5O2S/c1-27-10-6-15(23-19(26)13-4-8-20-9-5-13)16-11-17(25)24-18(22-16)14-3-2-7-21-12-14/h2-5,7-9,11-12,15H,6,10H2,1H3,(H,23,26)(H,22,24,25)/t15-/m1/s1. The number of nitrogens with zero attached hydrogens (tertiary/aromatic N) is 3. The van der Waals surface area contributed by atoms with Crippen LogP contribution in [0.4, 0.5) is 0 Å². The van der Waals surface area contributed by atoms with Crippen molar-refractivity contribution >= 4 is 17.7 Å². The van der Waals surface area contributed by atoms with Crippen molar-refractivity contribution in [2.75, 3.05) is 12.0 Å². The Morgan fingerprint density at radius 2 is 2.04 bits per heavy atom. The van der Waals surface area contributed by atoms with Gasteiger partial charge in [0.2, 0.25) is 0 Å². The number of carbonyl (C=O) groups excluding carboxylic acids is 1. The Morgan fingerprint density at radius 3 is 2.74 bits per heavy atom. The zero-order valence-electron chi connectivity index (χ0n) is 14.8. The first-order valence-electron chi connectivity index (χ1n) is 8.39. The van der Waals surface area contributed by atoms with Crippen LogP contribution in [0.5, 0.6) is 0 Å². The molecule has 0 spiro atoms. The lowest BCUT2D eigenvalue weighted by molar-refractivity contribution is 0.0935. The maximum Gasteiger partial charge on any atom is 0.251 e. The Hall–Kier alpha value is -3.00. The van der Waals surface area contributed by atoms with Gasteiger partial charge in [-0.15, -0.1) is 0 Å². The van der Waals surface area contributed by atoms with Crippen LogP contribution in [0.15, 0.2) is 59.9 Å². The number of nitrogens with one attached hydrogen (secondary N) is 2. The summed E-state index contributed by atoms with van der Waals surface area (Å²) >= 11 is 1.67. The predicted molar refractivity (Wildman–Crippen MR) is 106 cm³/mol. The number of hydrogen-bond donors (Lipinski definition) is 2. The lowest BCUT2D eigenvalue weighted by Crippen LogP contribution is -2.30. The molecule has 3 aromatic rings. The van der Waals surface area contributed by atoms with Crippen LogP contribution in [0.25, 0.3) is 11.4 Å². The predicted octanol–water partition coefficient (Wildman–Crippen LogP) is 2.45. The second kappa shape index (κ2) is 9.09. The molecule has 1 atom stereocenters. The number of pyridine rings is 2. The molecule has 0 saturated heterocycles.